The second kappa shape index (κ2) is 7.46. The highest BCUT2D eigenvalue weighted by atomic mass is 19.1. The van der Waals surface area contributed by atoms with Gasteiger partial charge in [0.05, 0.1) is 18.8 Å². The fourth-order valence-electron chi connectivity index (χ4n) is 1.70. The van der Waals surface area contributed by atoms with Crippen molar-refractivity contribution in [2.24, 2.45) is 0 Å². The molecule has 3 nitrogen and oxygen atoms in total. The van der Waals surface area contributed by atoms with Gasteiger partial charge in [0, 0.05) is 18.7 Å². The molecule has 0 heterocycles. The lowest BCUT2D eigenvalue weighted by Crippen LogP contribution is -2.32. The topological polar surface area (TPSA) is 32.7 Å². The molecule has 0 aliphatic heterocycles. The van der Waals surface area contributed by atoms with E-state index in [1.54, 1.807) is 12.1 Å². The van der Waals surface area contributed by atoms with Crippen LogP contribution in [0.1, 0.15) is 19.4 Å². The molecular formula is C14H22FNO2. The van der Waals surface area contributed by atoms with Crippen LogP contribution in [0.4, 0.5) is 4.39 Å². The molecule has 1 unspecified atom stereocenters. The van der Waals surface area contributed by atoms with Crippen molar-refractivity contribution in [3.05, 3.63) is 35.6 Å². The van der Waals surface area contributed by atoms with Gasteiger partial charge in [-0.2, -0.15) is 0 Å². The lowest BCUT2D eigenvalue weighted by atomic mass is 10.2. The van der Waals surface area contributed by atoms with Crippen molar-refractivity contribution in [2.75, 3.05) is 20.2 Å². The number of aliphatic hydroxyl groups is 1. The van der Waals surface area contributed by atoms with Crippen LogP contribution in [0, 0.1) is 5.82 Å². The Balaban J connectivity index is 2.37. The largest absolute Gasteiger partial charge is 0.389 e. The van der Waals surface area contributed by atoms with E-state index >= 15 is 0 Å². The molecule has 0 saturated carbocycles. The first-order valence-corrected chi connectivity index (χ1v) is 6.20. The van der Waals surface area contributed by atoms with Crippen molar-refractivity contribution in [3.63, 3.8) is 0 Å². The van der Waals surface area contributed by atoms with Gasteiger partial charge in [-0.05, 0) is 27.0 Å². The molecule has 4 heteroatoms. The number of ether oxygens (including phenoxy) is 1. The molecule has 1 N–H and O–H groups in total. The molecule has 0 radical (unpaired) electrons. The SMILES string of the molecule is CC(C)OCC(O)CN(C)Cc1ccccc1F. The second-order valence-corrected chi connectivity index (χ2v) is 4.82. The third-order valence-electron chi connectivity index (χ3n) is 2.54. The number of rotatable bonds is 7. The Labute approximate surface area is 108 Å². The fraction of sp³-hybridized carbons (Fsp3) is 0.571. The highest BCUT2D eigenvalue weighted by Gasteiger charge is 2.11. The minimum Gasteiger partial charge on any atom is -0.389 e. The summed E-state index contributed by atoms with van der Waals surface area (Å²) in [6.45, 7) is 5.09. The lowest BCUT2D eigenvalue weighted by Gasteiger charge is -2.21. The maximum absolute atomic E-state index is 13.4. The number of halogens is 1. The normalized spacial score (nSPS) is 13.3. The van der Waals surface area contributed by atoms with E-state index in [1.807, 2.05) is 31.9 Å². The second-order valence-electron chi connectivity index (χ2n) is 4.82. The van der Waals surface area contributed by atoms with Gasteiger partial charge in [-0.25, -0.2) is 4.39 Å². The highest BCUT2D eigenvalue weighted by Crippen LogP contribution is 2.09. The molecule has 0 aromatic heterocycles. The molecule has 0 fully saturated rings. The Morgan fingerprint density at radius 3 is 2.61 bits per heavy atom. The van der Waals surface area contributed by atoms with Crippen LogP contribution in [-0.4, -0.2) is 42.4 Å². The summed E-state index contributed by atoms with van der Waals surface area (Å²) in [5, 5.41) is 9.76. The molecule has 1 aromatic rings. The minimum absolute atomic E-state index is 0.108. The van der Waals surface area contributed by atoms with Crippen molar-refractivity contribution in [1.82, 2.24) is 4.90 Å². The molecule has 1 atom stereocenters. The van der Waals surface area contributed by atoms with Crippen molar-refractivity contribution in [3.8, 4) is 0 Å². The van der Waals surface area contributed by atoms with E-state index in [9.17, 15) is 9.50 Å². The maximum atomic E-state index is 13.4. The zero-order valence-electron chi connectivity index (χ0n) is 11.3. The van der Waals surface area contributed by atoms with E-state index in [2.05, 4.69) is 0 Å². The fourth-order valence-corrected chi connectivity index (χ4v) is 1.70. The van der Waals surface area contributed by atoms with E-state index in [0.29, 0.717) is 25.3 Å². The molecule has 0 amide bonds. The predicted molar refractivity (Wildman–Crippen MR) is 69.8 cm³/mol. The Bertz CT molecular complexity index is 357. The summed E-state index contributed by atoms with van der Waals surface area (Å²) >= 11 is 0. The van der Waals surface area contributed by atoms with Crippen molar-refractivity contribution in [2.45, 2.75) is 32.6 Å². The summed E-state index contributed by atoms with van der Waals surface area (Å²) in [5.74, 6) is -0.211. The van der Waals surface area contributed by atoms with Gasteiger partial charge in [0.1, 0.15) is 5.82 Å². The molecule has 1 rings (SSSR count). The van der Waals surface area contributed by atoms with Gasteiger partial charge in [-0.3, -0.25) is 4.90 Å². The Hall–Kier alpha value is -0.970. The van der Waals surface area contributed by atoms with Gasteiger partial charge in [0.15, 0.2) is 0 Å². The molecule has 1 aromatic carbocycles. The zero-order chi connectivity index (χ0) is 13.5. The molecule has 0 saturated heterocycles. The molecule has 0 spiro atoms. The van der Waals surface area contributed by atoms with E-state index in [1.165, 1.54) is 6.07 Å². The van der Waals surface area contributed by atoms with Crippen molar-refractivity contribution >= 4 is 0 Å². The summed E-state index contributed by atoms with van der Waals surface area (Å²) < 4.78 is 18.8. The lowest BCUT2D eigenvalue weighted by molar-refractivity contribution is -0.00643. The van der Waals surface area contributed by atoms with Gasteiger partial charge < -0.3 is 9.84 Å². The van der Waals surface area contributed by atoms with Gasteiger partial charge in [0.25, 0.3) is 0 Å². The van der Waals surface area contributed by atoms with E-state index < -0.39 is 6.10 Å². The first-order chi connectivity index (χ1) is 8.49. The van der Waals surface area contributed by atoms with E-state index in [4.69, 9.17) is 4.74 Å². The molecule has 18 heavy (non-hydrogen) atoms. The summed E-state index contributed by atoms with van der Waals surface area (Å²) in [7, 11) is 1.85. The van der Waals surface area contributed by atoms with Gasteiger partial charge >= 0.3 is 0 Å². The third-order valence-corrected chi connectivity index (χ3v) is 2.54. The average Bonchev–Trinajstić information content (AvgIpc) is 2.29. The Morgan fingerprint density at radius 2 is 2.00 bits per heavy atom. The Kier molecular flexibility index (Phi) is 6.25. The van der Waals surface area contributed by atoms with Crippen LogP contribution in [0.15, 0.2) is 24.3 Å². The molecular weight excluding hydrogens is 233 g/mol. The zero-order valence-corrected chi connectivity index (χ0v) is 11.3. The maximum Gasteiger partial charge on any atom is 0.127 e. The highest BCUT2D eigenvalue weighted by molar-refractivity contribution is 5.16. The van der Waals surface area contributed by atoms with Gasteiger partial charge in [0.2, 0.25) is 0 Å². The predicted octanol–water partition coefficient (Wildman–Crippen LogP) is 2.04. The van der Waals surface area contributed by atoms with Crippen molar-refractivity contribution in [1.29, 1.82) is 0 Å². The first-order valence-electron chi connectivity index (χ1n) is 6.20. The minimum atomic E-state index is -0.552. The monoisotopic (exact) mass is 255 g/mol. The quantitative estimate of drug-likeness (QED) is 0.809. The van der Waals surface area contributed by atoms with Crippen LogP contribution < -0.4 is 0 Å². The summed E-state index contributed by atoms with van der Waals surface area (Å²) in [6.07, 6.45) is -0.444. The number of hydrogen-bond donors (Lipinski definition) is 1. The average molecular weight is 255 g/mol. The number of hydrogen-bond acceptors (Lipinski definition) is 3. The standard InChI is InChI=1S/C14H22FNO2/c1-11(2)18-10-13(17)9-16(3)8-12-6-4-5-7-14(12)15/h4-7,11,13,17H,8-10H2,1-3H3. The third kappa shape index (κ3) is 5.58. The molecule has 102 valence electrons. The van der Waals surface area contributed by atoms with Crippen LogP contribution in [0.5, 0.6) is 0 Å². The van der Waals surface area contributed by atoms with Crippen LogP contribution in [-0.2, 0) is 11.3 Å². The van der Waals surface area contributed by atoms with E-state index in [-0.39, 0.29) is 11.9 Å². The van der Waals surface area contributed by atoms with Gasteiger partial charge in [-0.1, -0.05) is 18.2 Å². The molecule has 0 aliphatic rings. The molecule has 0 aliphatic carbocycles. The van der Waals surface area contributed by atoms with Crippen LogP contribution >= 0.6 is 0 Å². The Morgan fingerprint density at radius 1 is 1.33 bits per heavy atom. The summed E-state index contributed by atoms with van der Waals surface area (Å²) in [6, 6.07) is 6.68. The van der Waals surface area contributed by atoms with Crippen LogP contribution in [0.2, 0.25) is 0 Å². The molecule has 0 bridgehead atoms. The number of likely N-dealkylation sites (N-methyl/N-ethyl adjacent to an activating group) is 1. The van der Waals surface area contributed by atoms with Crippen LogP contribution in [0.25, 0.3) is 0 Å². The summed E-state index contributed by atoms with van der Waals surface area (Å²) in [5.41, 5.74) is 0.636. The van der Waals surface area contributed by atoms with Crippen molar-refractivity contribution < 1.29 is 14.2 Å². The number of benzene rings is 1. The summed E-state index contributed by atoms with van der Waals surface area (Å²) in [4.78, 5) is 1.88. The van der Waals surface area contributed by atoms with Gasteiger partial charge in [-0.15, -0.1) is 0 Å². The van der Waals surface area contributed by atoms with E-state index in [0.717, 1.165) is 0 Å². The smallest absolute Gasteiger partial charge is 0.127 e. The number of nitrogens with zero attached hydrogens (tertiary/aromatic N) is 1. The number of aliphatic hydroxyl groups excluding tert-OH is 1. The first kappa shape index (κ1) is 15.1. The van der Waals surface area contributed by atoms with Crippen LogP contribution in [0.3, 0.4) is 0 Å².